The van der Waals surface area contributed by atoms with Gasteiger partial charge in [0.15, 0.2) is 5.82 Å². The van der Waals surface area contributed by atoms with Crippen molar-refractivity contribution in [1.29, 1.82) is 0 Å². The first-order valence-electron chi connectivity index (χ1n) is 9.26. The normalized spacial score (nSPS) is 16.7. The largest absolute Gasteiger partial charge is 0.382 e. The summed E-state index contributed by atoms with van der Waals surface area (Å²) in [4.78, 5) is 2.54. The second-order valence-electron chi connectivity index (χ2n) is 7.00. The van der Waals surface area contributed by atoms with Crippen LogP contribution in [-0.4, -0.2) is 51.0 Å². The smallest absolute Gasteiger partial charge is 0.153 e. The fourth-order valence-corrected chi connectivity index (χ4v) is 3.51. The molecule has 1 aromatic carbocycles. The van der Waals surface area contributed by atoms with Gasteiger partial charge in [0.1, 0.15) is 5.82 Å². The van der Waals surface area contributed by atoms with Gasteiger partial charge in [-0.05, 0) is 57.1 Å². The highest BCUT2D eigenvalue weighted by atomic mass is 15.2. The summed E-state index contributed by atoms with van der Waals surface area (Å²) in [6.07, 6.45) is 3.98. The van der Waals surface area contributed by atoms with Crippen LogP contribution < -0.4 is 11.1 Å². The van der Waals surface area contributed by atoms with Crippen LogP contribution in [0.4, 0.5) is 11.6 Å². The molecule has 4 N–H and O–H groups in total. The summed E-state index contributed by atoms with van der Waals surface area (Å²) in [6.45, 7) is 5.55. The van der Waals surface area contributed by atoms with Gasteiger partial charge in [-0.2, -0.15) is 5.10 Å². The van der Waals surface area contributed by atoms with Gasteiger partial charge in [0.2, 0.25) is 0 Å². The third-order valence-corrected chi connectivity index (χ3v) is 5.15. The molecule has 2 aromatic heterocycles. The summed E-state index contributed by atoms with van der Waals surface area (Å²) in [7, 11) is 0. The molecule has 0 aliphatic carbocycles. The molecule has 3 heterocycles. The van der Waals surface area contributed by atoms with Gasteiger partial charge in [0.05, 0.1) is 11.2 Å². The third-order valence-electron chi connectivity index (χ3n) is 5.15. The maximum absolute atomic E-state index is 5.88. The third kappa shape index (κ3) is 3.48. The summed E-state index contributed by atoms with van der Waals surface area (Å²) < 4.78 is 0. The molecule has 136 valence electrons. The highest BCUT2D eigenvalue weighted by Crippen LogP contribution is 2.25. The van der Waals surface area contributed by atoms with Crippen LogP contribution in [0.2, 0.25) is 0 Å². The monoisotopic (exact) mass is 351 g/mol. The molecule has 1 atom stereocenters. The quantitative estimate of drug-likeness (QED) is 0.654. The predicted octanol–water partition coefficient (Wildman–Crippen LogP) is 2.89. The molecule has 26 heavy (non-hydrogen) atoms. The van der Waals surface area contributed by atoms with Crippen molar-refractivity contribution in [1.82, 2.24) is 25.3 Å². The summed E-state index contributed by atoms with van der Waals surface area (Å²) >= 11 is 0. The van der Waals surface area contributed by atoms with E-state index in [1.54, 1.807) is 0 Å². The SMILES string of the molecule is CC(CNc1ccc(-c2ccc3[nH]nc(N)c3c2)nn1)N1CCCCC1. The molecular weight excluding hydrogens is 326 g/mol. The number of likely N-dealkylation sites (tertiary alicyclic amines) is 1. The van der Waals surface area contributed by atoms with E-state index in [9.17, 15) is 0 Å². The number of nitrogens with zero attached hydrogens (tertiary/aromatic N) is 4. The minimum Gasteiger partial charge on any atom is -0.382 e. The van der Waals surface area contributed by atoms with E-state index < -0.39 is 0 Å². The topological polar surface area (TPSA) is 95.8 Å². The lowest BCUT2D eigenvalue weighted by atomic mass is 10.1. The number of nitrogen functional groups attached to an aromatic ring is 1. The molecule has 0 spiro atoms. The van der Waals surface area contributed by atoms with E-state index >= 15 is 0 Å². The van der Waals surface area contributed by atoms with Crippen molar-refractivity contribution in [3.63, 3.8) is 0 Å². The number of benzene rings is 1. The van der Waals surface area contributed by atoms with Crippen molar-refractivity contribution < 1.29 is 0 Å². The lowest BCUT2D eigenvalue weighted by Gasteiger charge is -2.32. The molecule has 0 bridgehead atoms. The molecule has 1 unspecified atom stereocenters. The number of fused-ring (bicyclic) bond motifs is 1. The van der Waals surface area contributed by atoms with Gasteiger partial charge in [-0.1, -0.05) is 12.5 Å². The zero-order valence-corrected chi connectivity index (χ0v) is 15.1. The van der Waals surface area contributed by atoms with Gasteiger partial charge in [-0.3, -0.25) is 10.00 Å². The van der Waals surface area contributed by atoms with E-state index in [2.05, 4.69) is 37.5 Å². The van der Waals surface area contributed by atoms with Crippen molar-refractivity contribution >= 4 is 22.5 Å². The van der Waals surface area contributed by atoms with E-state index in [1.807, 2.05) is 30.3 Å². The summed E-state index contributed by atoms with van der Waals surface area (Å²) in [5, 5.41) is 19.9. The Morgan fingerprint density at radius 1 is 1.15 bits per heavy atom. The molecule has 1 aliphatic heterocycles. The number of nitrogens with one attached hydrogen (secondary N) is 2. The molecule has 4 rings (SSSR count). The second kappa shape index (κ2) is 7.29. The van der Waals surface area contributed by atoms with Crippen molar-refractivity contribution in [3.8, 4) is 11.3 Å². The van der Waals surface area contributed by atoms with Crippen LogP contribution in [0.15, 0.2) is 30.3 Å². The number of rotatable bonds is 5. The number of hydrogen-bond acceptors (Lipinski definition) is 6. The van der Waals surface area contributed by atoms with Crippen LogP contribution in [0, 0.1) is 0 Å². The maximum atomic E-state index is 5.88. The van der Waals surface area contributed by atoms with E-state index in [-0.39, 0.29) is 0 Å². The van der Waals surface area contributed by atoms with Gasteiger partial charge < -0.3 is 11.1 Å². The maximum Gasteiger partial charge on any atom is 0.153 e. The van der Waals surface area contributed by atoms with Gasteiger partial charge in [0.25, 0.3) is 0 Å². The molecule has 1 aliphatic rings. The van der Waals surface area contributed by atoms with E-state index in [4.69, 9.17) is 5.73 Å². The molecule has 0 radical (unpaired) electrons. The second-order valence-corrected chi connectivity index (χ2v) is 7.00. The van der Waals surface area contributed by atoms with Crippen LogP contribution in [-0.2, 0) is 0 Å². The van der Waals surface area contributed by atoms with E-state index in [0.29, 0.717) is 11.9 Å². The lowest BCUT2D eigenvalue weighted by Crippen LogP contribution is -2.41. The Morgan fingerprint density at radius 3 is 2.77 bits per heavy atom. The number of nitrogens with two attached hydrogens (primary N) is 1. The minimum atomic E-state index is 0.500. The van der Waals surface area contributed by atoms with Gasteiger partial charge in [0, 0.05) is 23.5 Å². The van der Waals surface area contributed by atoms with E-state index in [1.165, 1.54) is 32.4 Å². The molecular formula is C19H25N7. The molecule has 0 saturated carbocycles. The fraction of sp³-hybridized carbons (Fsp3) is 0.421. The Balaban J connectivity index is 1.41. The number of H-pyrrole nitrogens is 1. The Labute approximate surface area is 153 Å². The van der Waals surface area contributed by atoms with Crippen molar-refractivity contribution in [2.24, 2.45) is 0 Å². The minimum absolute atomic E-state index is 0.500. The molecule has 3 aromatic rings. The van der Waals surface area contributed by atoms with Crippen LogP contribution in [0.5, 0.6) is 0 Å². The zero-order valence-electron chi connectivity index (χ0n) is 15.1. The molecule has 7 nitrogen and oxygen atoms in total. The number of aromatic nitrogens is 4. The van der Waals surface area contributed by atoms with Crippen LogP contribution in [0.3, 0.4) is 0 Å². The van der Waals surface area contributed by atoms with Gasteiger partial charge in [-0.15, -0.1) is 10.2 Å². The number of piperidine rings is 1. The average Bonchev–Trinajstić information content (AvgIpc) is 3.07. The Hall–Kier alpha value is -2.67. The molecule has 1 fully saturated rings. The van der Waals surface area contributed by atoms with Crippen molar-refractivity contribution in [2.75, 3.05) is 30.7 Å². The first kappa shape index (κ1) is 16.8. The van der Waals surface area contributed by atoms with Gasteiger partial charge in [-0.25, -0.2) is 0 Å². The average molecular weight is 351 g/mol. The summed E-state index contributed by atoms with van der Waals surface area (Å²) in [6, 6.07) is 10.4. The molecule has 1 saturated heterocycles. The Kier molecular flexibility index (Phi) is 4.71. The first-order valence-corrected chi connectivity index (χ1v) is 9.26. The number of hydrogen-bond donors (Lipinski definition) is 3. The summed E-state index contributed by atoms with van der Waals surface area (Å²) in [5.41, 5.74) is 8.60. The standard InChI is InChI=1S/C19H25N7/c1-13(26-9-3-2-4-10-26)12-21-18-8-7-16(22-24-18)14-5-6-17-15(11-14)19(20)25-23-17/h5-8,11,13H,2-4,9-10,12H2,1H3,(H,21,24)(H3,20,23,25). The Morgan fingerprint density at radius 2 is 2.00 bits per heavy atom. The summed E-state index contributed by atoms with van der Waals surface area (Å²) in [5.74, 6) is 1.31. The predicted molar refractivity (Wildman–Crippen MR) is 105 cm³/mol. The van der Waals surface area contributed by atoms with Crippen molar-refractivity contribution in [2.45, 2.75) is 32.2 Å². The van der Waals surface area contributed by atoms with Crippen LogP contribution in [0.25, 0.3) is 22.2 Å². The highest BCUT2D eigenvalue weighted by Gasteiger charge is 2.16. The first-order chi connectivity index (χ1) is 12.7. The lowest BCUT2D eigenvalue weighted by molar-refractivity contribution is 0.180. The van der Waals surface area contributed by atoms with Crippen LogP contribution >= 0.6 is 0 Å². The van der Waals surface area contributed by atoms with Crippen LogP contribution in [0.1, 0.15) is 26.2 Å². The van der Waals surface area contributed by atoms with Crippen molar-refractivity contribution in [3.05, 3.63) is 30.3 Å². The molecule has 0 amide bonds. The van der Waals surface area contributed by atoms with Gasteiger partial charge >= 0.3 is 0 Å². The molecule has 7 heteroatoms. The van der Waals surface area contributed by atoms with E-state index in [0.717, 1.165) is 34.5 Å². The highest BCUT2D eigenvalue weighted by molar-refractivity contribution is 5.91. The Bertz CT molecular complexity index is 865. The number of anilines is 2. The fourth-order valence-electron chi connectivity index (χ4n) is 3.51. The number of aromatic amines is 1. The zero-order chi connectivity index (χ0) is 17.9.